The van der Waals surface area contributed by atoms with E-state index in [1.807, 2.05) is 30.3 Å². The van der Waals surface area contributed by atoms with Crippen LogP contribution in [0.2, 0.25) is 0 Å². The molecular formula is C26H36N4O8. The number of rotatable bonds is 12. The number of hydrazine groups is 1. The largest absolute Gasteiger partial charge is 0.480 e. The molecule has 2 heterocycles. The van der Waals surface area contributed by atoms with Crippen molar-refractivity contribution >= 4 is 29.8 Å². The molecule has 3 amide bonds. The van der Waals surface area contributed by atoms with Crippen LogP contribution in [0, 0.1) is 0 Å². The summed E-state index contributed by atoms with van der Waals surface area (Å²) in [5.41, 5.74) is 0.878. The number of amides is 3. The molecule has 0 aromatic heterocycles. The number of carbonyl (C=O) groups is 5. The third-order valence-corrected chi connectivity index (χ3v) is 6.52. The number of benzene rings is 1. The Morgan fingerprint density at radius 2 is 1.87 bits per heavy atom. The number of carboxylic acids is 1. The molecule has 0 radical (unpaired) electrons. The molecule has 12 nitrogen and oxygen atoms in total. The molecule has 2 aliphatic rings. The Morgan fingerprint density at radius 1 is 1.11 bits per heavy atom. The molecule has 3 N–H and O–H groups in total. The molecule has 0 aliphatic carbocycles. The Hall–Kier alpha value is -3.67. The van der Waals surface area contributed by atoms with Gasteiger partial charge in [-0.1, -0.05) is 30.3 Å². The molecule has 2 saturated heterocycles. The van der Waals surface area contributed by atoms with Gasteiger partial charge in [0.2, 0.25) is 5.91 Å². The van der Waals surface area contributed by atoms with Gasteiger partial charge in [0.25, 0.3) is 5.91 Å². The van der Waals surface area contributed by atoms with E-state index in [-0.39, 0.29) is 44.9 Å². The number of hydrogen-bond acceptors (Lipinski definition) is 8. The highest BCUT2D eigenvalue weighted by molar-refractivity contribution is 5.92. The minimum atomic E-state index is -1.17. The fraction of sp³-hybridized carbons (Fsp3) is 0.577. The molecule has 1 aromatic carbocycles. The first-order valence-corrected chi connectivity index (χ1v) is 13.0. The molecule has 0 bridgehead atoms. The quantitative estimate of drug-likeness (QED) is 0.269. The van der Waals surface area contributed by atoms with E-state index >= 15 is 0 Å². The minimum absolute atomic E-state index is 0.0524. The van der Waals surface area contributed by atoms with Crippen LogP contribution in [0.3, 0.4) is 0 Å². The number of esters is 1. The Balaban J connectivity index is 1.53. The van der Waals surface area contributed by atoms with Crippen LogP contribution in [-0.2, 0) is 35.3 Å². The smallest absolute Gasteiger partial charge is 0.407 e. The van der Waals surface area contributed by atoms with Crippen molar-refractivity contribution in [3.63, 3.8) is 0 Å². The molecule has 208 valence electrons. The van der Waals surface area contributed by atoms with Gasteiger partial charge < -0.3 is 19.9 Å². The normalized spacial score (nSPS) is 20.2. The molecule has 12 heteroatoms. The van der Waals surface area contributed by atoms with Crippen molar-refractivity contribution in [3.05, 3.63) is 35.9 Å². The maximum atomic E-state index is 13.4. The predicted molar refractivity (Wildman–Crippen MR) is 134 cm³/mol. The first-order valence-electron chi connectivity index (χ1n) is 13.0. The minimum Gasteiger partial charge on any atom is -0.480 e. The van der Waals surface area contributed by atoms with Crippen molar-refractivity contribution < 1.29 is 38.6 Å². The lowest BCUT2D eigenvalue weighted by Gasteiger charge is -2.42. The first-order chi connectivity index (χ1) is 18.3. The second kappa shape index (κ2) is 14.3. The second-order valence-electron chi connectivity index (χ2n) is 9.24. The highest BCUT2D eigenvalue weighted by Gasteiger charge is 2.45. The number of carbonyl (C=O) groups excluding carboxylic acids is 4. The van der Waals surface area contributed by atoms with Crippen LogP contribution in [0.1, 0.15) is 57.4 Å². The zero-order valence-corrected chi connectivity index (χ0v) is 21.6. The fourth-order valence-electron chi connectivity index (χ4n) is 4.61. The highest BCUT2D eigenvalue weighted by Crippen LogP contribution is 2.25. The van der Waals surface area contributed by atoms with E-state index in [0.29, 0.717) is 32.2 Å². The zero-order valence-electron chi connectivity index (χ0n) is 21.6. The lowest BCUT2D eigenvalue weighted by Crippen LogP contribution is -2.62. The first kappa shape index (κ1) is 28.9. The SMILES string of the molecule is CCOC(=O)[C@@H](CCCCNC(=O)OCc1ccccc1)N[C@H]1CCC(=O)N2CCC[C@@H](C(=O)O)N2C1=O. The summed E-state index contributed by atoms with van der Waals surface area (Å²) in [5, 5.41) is 17.6. The van der Waals surface area contributed by atoms with Crippen molar-refractivity contribution in [2.24, 2.45) is 0 Å². The molecule has 3 atom stereocenters. The van der Waals surface area contributed by atoms with Gasteiger partial charge in [-0.3, -0.25) is 24.7 Å². The summed E-state index contributed by atoms with van der Waals surface area (Å²) in [7, 11) is 0. The van der Waals surface area contributed by atoms with Gasteiger partial charge in [-0.15, -0.1) is 0 Å². The number of nitrogens with one attached hydrogen (secondary N) is 2. The molecule has 0 unspecified atom stereocenters. The topological polar surface area (TPSA) is 155 Å². The monoisotopic (exact) mass is 532 g/mol. The van der Waals surface area contributed by atoms with Gasteiger partial charge in [0.1, 0.15) is 12.6 Å². The number of alkyl carbamates (subject to hydrolysis) is 1. The number of carboxylic acid groups (broad SMARTS) is 1. The average molecular weight is 533 g/mol. The van der Waals surface area contributed by atoms with Gasteiger partial charge in [-0.2, -0.15) is 0 Å². The van der Waals surface area contributed by atoms with Crippen molar-refractivity contribution in [1.82, 2.24) is 20.7 Å². The third-order valence-electron chi connectivity index (χ3n) is 6.52. The third kappa shape index (κ3) is 7.91. The Kier molecular flexibility index (Phi) is 10.9. The van der Waals surface area contributed by atoms with E-state index in [9.17, 15) is 29.1 Å². The van der Waals surface area contributed by atoms with Crippen LogP contribution in [-0.4, -0.2) is 82.8 Å². The Labute approximate surface area is 221 Å². The summed E-state index contributed by atoms with van der Waals surface area (Å²) in [4.78, 5) is 62.4. The van der Waals surface area contributed by atoms with Crippen molar-refractivity contribution in [1.29, 1.82) is 0 Å². The number of unbranched alkanes of at least 4 members (excludes halogenated alkanes) is 1. The molecule has 2 aliphatic heterocycles. The van der Waals surface area contributed by atoms with E-state index in [2.05, 4.69) is 10.6 Å². The molecule has 3 rings (SSSR count). The van der Waals surface area contributed by atoms with Gasteiger partial charge in [0.05, 0.1) is 12.6 Å². The highest BCUT2D eigenvalue weighted by atomic mass is 16.5. The number of ether oxygens (including phenoxy) is 2. The van der Waals surface area contributed by atoms with Crippen LogP contribution in [0.5, 0.6) is 0 Å². The molecular weight excluding hydrogens is 496 g/mol. The fourth-order valence-corrected chi connectivity index (χ4v) is 4.61. The van der Waals surface area contributed by atoms with Gasteiger partial charge in [0, 0.05) is 19.5 Å². The van der Waals surface area contributed by atoms with Gasteiger partial charge >= 0.3 is 18.0 Å². The van der Waals surface area contributed by atoms with Crippen molar-refractivity contribution in [3.8, 4) is 0 Å². The van der Waals surface area contributed by atoms with E-state index in [0.717, 1.165) is 10.6 Å². The number of hydrogen-bond donors (Lipinski definition) is 3. The Bertz CT molecular complexity index is 989. The summed E-state index contributed by atoms with van der Waals surface area (Å²) in [6.45, 7) is 2.62. The standard InChI is InChI=1S/C26H36N4O8/c1-2-37-25(35)20(11-6-7-15-27-26(36)38-17-18-9-4-3-5-10-18)28-19-13-14-22(31)29-16-8-12-21(24(33)34)30(29)23(19)32/h3-5,9-10,19-21,28H,2,6-8,11-17H2,1H3,(H,27,36)(H,33,34)/t19-,20+,21-/m0/s1. The predicted octanol–water partition coefficient (Wildman–Crippen LogP) is 1.59. The maximum Gasteiger partial charge on any atom is 0.407 e. The van der Waals surface area contributed by atoms with Gasteiger partial charge in [-0.05, 0) is 51.0 Å². The molecule has 1 aromatic rings. The number of nitrogens with zero attached hydrogens (tertiary/aromatic N) is 2. The van der Waals surface area contributed by atoms with Crippen molar-refractivity contribution in [2.75, 3.05) is 19.7 Å². The average Bonchev–Trinajstić information content (AvgIpc) is 3.03. The number of aliphatic carboxylic acids is 1. The molecule has 0 saturated carbocycles. The molecule has 2 fully saturated rings. The summed E-state index contributed by atoms with van der Waals surface area (Å²) in [5.74, 6) is -2.56. The summed E-state index contributed by atoms with van der Waals surface area (Å²) in [6.07, 6.45) is 1.80. The Morgan fingerprint density at radius 3 is 2.58 bits per heavy atom. The van der Waals surface area contributed by atoms with Crippen LogP contribution in [0.15, 0.2) is 30.3 Å². The van der Waals surface area contributed by atoms with Crippen LogP contribution < -0.4 is 10.6 Å². The van der Waals surface area contributed by atoms with E-state index in [1.165, 1.54) is 5.01 Å². The summed E-state index contributed by atoms with van der Waals surface area (Å²) < 4.78 is 10.4. The van der Waals surface area contributed by atoms with E-state index < -0.39 is 42.1 Å². The van der Waals surface area contributed by atoms with Crippen LogP contribution in [0.4, 0.5) is 4.79 Å². The summed E-state index contributed by atoms with van der Waals surface area (Å²) >= 11 is 0. The lowest BCUT2D eigenvalue weighted by atomic mass is 10.0. The molecule has 38 heavy (non-hydrogen) atoms. The zero-order chi connectivity index (χ0) is 27.5. The molecule has 0 spiro atoms. The second-order valence-corrected chi connectivity index (χ2v) is 9.24. The van der Waals surface area contributed by atoms with Gasteiger partial charge in [-0.25, -0.2) is 14.6 Å². The van der Waals surface area contributed by atoms with Crippen molar-refractivity contribution in [2.45, 2.75) is 76.6 Å². The lowest BCUT2D eigenvalue weighted by molar-refractivity contribution is -0.181. The van der Waals surface area contributed by atoms with Gasteiger partial charge in [0.15, 0.2) is 6.04 Å². The summed E-state index contributed by atoms with van der Waals surface area (Å²) in [6, 6.07) is 6.44. The van der Waals surface area contributed by atoms with Crippen LogP contribution >= 0.6 is 0 Å². The van der Waals surface area contributed by atoms with E-state index in [1.54, 1.807) is 6.92 Å². The maximum absolute atomic E-state index is 13.4. The van der Waals surface area contributed by atoms with E-state index in [4.69, 9.17) is 9.47 Å². The number of fused-ring (bicyclic) bond motifs is 1. The van der Waals surface area contributed by atoms with Crippen LogP contribution in [0.25, 0.3) is 0 Å².